The van der Waals surface area contributed by atoms with E-state index < -0.39 is 17.8 Å². The van der Waals surface area contributed by atoms with Crippen molar-refractivity contribution >= 4 is 17.8 Å². The second-order valence-electron chi connectivity index (χ2n) is 9.49. The fourth-order valence-electron chi connectivity index (χ4n) is 3.85. The molecule has 1 amide bonds. The Balaban J connectivity index is 1.46. The van der Waals surface area contributed by atoms with Crippen molar-refractivity contribution in [2.45, 2.75) is 52.2 Å². The second kappa shape index (κ2) is 15.2. The SMILES string of the molecule is CC(C)Oc1ccc(COc2ccc(CCCOc3ccc(C(=O)O)cc3CC(=O)NCCC(=O)O)cc2)cc1. The van der Waals surface area contributed by atoms with Gasteiger partial charge in [-0.15, -0.1) is 0 Å². The van der Waals surface area contributed by atoms with E-state index in [1.807, 2.05) is 62.4 Å². The monoisotopic (exact) mass is 549 g/mol. The van der Waals surface area contributed by atoms with Crippen LogP contribution in [0.5, 0.6) is 17.2 Å². The molecule has 3 N–H and O–H groups in total. The summed E-state index contributed by atoms with van der Waals surface area (Å²) >= 11 is 0. The molecular weight excluding hydrogens is 514 g/mol. The minimum atomic E-state index is -1.11. The predicted molar refractivity (Wildman–Crippen MR) is 149 cm³/mol. The molecule has 0 radical (unpaired) electrons. The highest BCUT2D eigenvalue weighted by Gasteiger charge is 2.13. The number of hydrogen-bond donors (Lipinski definition) is 3. The number of aliphatic carboxylic acids is 1. The van der Waals surface area contributed by atoms with Crippen molar-refractivity contribution in [3.8, 4) is 17.2 Å². The maximum atomic E-state index is 12.2. The maximum Gasteiger partial charge on any atom is 0.335 e. The third-order valence-electron chi connectivity index (χ3n) is 5.81. The number of aromatic carboxylic acids is 1. The van der Waals surface area contributed by atoms with Gasteiger partial charge in [0.25, 0.3) is 0 Å². The Hall–Kier alpha value is -4.53. The standard InChI is InChI=1S/C31H35NO8/c1-21(2)40-27-12-7-23(8-13-27)20-39-26-10-5-22(6-11-26)4-3-17-38-28-14-9-24(31(36)37)18-25(28)19-29(33)32-16-15-30(34)35/h5-14,18,21H,3-4,15-17,19-20H2,1-2H3,(H,32,33)(H,34,35)(H,36,37). The first-order valence-corrected chi connectivity index (χ1v) is 13.1. The molecular formula is C31H35NO8. The van der Waals surface area contributed by atoms with Crippen LogP contribution in [0.1, 0.15) is 53.7 Å². The lowest BCUT2D eigenvalue weighted by molar-refractivity contribution is -0.136. The minimum absolute atomic E-state index is 0.00618. The van der Waals surface area contributed by atoms with Crippen molar-refractivity contribution in [2.75, 3.05) is 13.2 Å². The van der Waals surface area contributed by atoms with Gasteiger partial charge in [-0.05, 0) is 80.3 Å². The third kappa shape index (κ3) is 10.3. The molecule has 0 heterocycles. The molecule has 9 heteroatoms. The third-order valence-corrected chi connectivity index (χ3v) is 5.81. The molecule has 0 unspecified atom stereocenters. The Labute approximate surface area is 233 Å². The molecule has 0 atom stereocenters. The van der Waals surface area contributed by atoms with Crippen LogP contribution in [0.25, 0.3) is 0 Å². The van der Waals surface area contributed by atoms with Crippen LogP contribution in [0.2, 0.25) is 0 Å². The summed E-state index contributed by atoms with van der Waals surface area (Å²) in [5.41, 5.74) is 2.63. The summed E-state index contributed by atoms with van der Waals surface area (Å²) in [5.74, 6) is -0.510. The van der Waals surface area contributed by atoms with Crippen molar-refractivity contribution in [3.05, 3.63) is 89.0 Å². The Morgan fingerprint density at radius 2 is 1.52 bits per heavy atom. The van der Waals surface area contributed by atoms with Gasteiger partial charge in [0.15, 0.2) is 0 Å². The number of carbonyl (C=O) groups is 3. The largest absolute Gasteiger partial charge is 0.493 e. The lowest BCUT2D eigenvalue weighted by Gasteiger charge is -2.13. The van der Waals surface area contributed by atoms with Gasteiger partial charge in [0, 0.05) is 12.1 Å². The molecule has 3 aromatic carbocycles. The first-order valence-electron chi connectivity index (χ1n) is 13.1. The van der Waals surface area contributed by atoms with E-state index >= 15 is 0 Å². The molecule has 3 aromatic rings. The summed E-state index contributed by atoms with van der Waals surface area (Å²) < 4.78 is 17.4. The molecule has 0 aliphatic carbocycles. The Kier molecular flexibility index (Phi) is 11.4. The number of hydrogen-bond acceptors (Lipinski definition) is 6. The quantitative estimate of drug-likeness (QED) is 0.215. The fraction of sp³-hybridized carbons (Fsp3) is 0.323. The van der Waals surface area contributed by atoms with E-state index in [4.69, 9.17) is 19.3 Å². The number of aryl methyl sites for hydroxylation is 1. The van der Waals surface area contributed by atoms with Crippen molar-refractivity contribution in [2.24, 2.45) is 0 Å². The highest BCUT2D eigenvalue weighted by Crippen LogP contribution is 2.22. The first kappa shape index (κ1) is 30.0. The highest BCUT2D eigenvalue weighted by molar-refractivity contribution is 5.89. The van der Waals surface area contributed by atoms with E-state index in [0.29, 0.717) is 30.9 Å². The summed E-state index contributed by atoms with van der Waals surface area (Å²) in [4.78, 5) is 34.2. The van der Waals surface area contributed by atoms with Crippen LogP contribution in [0.15, 0.2) is 66.7 Å². The fourth-order valence-corrected chi connectivity index (χ4v) is 3.85. The minimum Gasteiger partial charge on any atom is -0.493 e. The van der Waals surface area contributed by atoms with Gasteiger partial charge in [0.05, 0.1) is 31.1 Å². The van der Waals surface area contributed by atoms with Crippen molar-refractivity contribution < 1.29 is 38.8 Å². The number of carboxylic acids is 2. The number of rotatable bonds is 16. The molecule has 212 valence electrons. The normalized spacial score (nSPS) is 10.7. The lowest BCUT2D eigenvalue weighted by Crippen LogP contribution is -2.27. The molecule has 0 saturated carbocycles. The van der Waals surface area contributed by atoms with Gasteiger partial charge in [-0.3, -0.25) is 9.59 Å². The van der Waals surface area contributed by atoms with Gasteiger partial charge in [-0.2, -0.15) is 0 Å². The van der Waals surface area contributed by atoms with E-state index in [0.717, 1.165) is 29.0 Å². The number of benzene rings is 3. The Morgan fingerprint density at radius 3 is 2.17 bits per heavy atom. The predicted octanol–water partition coefficient (Wildman–Crippen LogP) is 4.90. The smallest absolute Gasteiger partial charge is 0.335 e. The van der Waals surface area contributed by atoms with Crippen LogP contribution in [-0.4, -0.2) is 47.3 Å². The number of carboxylic acid groups (broad SMARTS) is 2. The second-order valence-corrected chi connectivity index (χ2v) is 9.49. The van der Waals surface area contributed by atoms with Gasteiger partial charge in [0.2, 0.25) is 5.91 Å². The molecule has 40 heavy (non-hydrogen) atoms. The molecule has 0 aliphatic heterocycles. The summed E-state index contributed by atoms with van der Waals surface area (Å²) in [6, 6.07) is 20.1. The zero-order valence-corrected chi connectivity index (χ0v) is 22.7. The van der Waals surface area contributed by atoms with Crippen LogP contribution >= 0.6 is 0 Å². The van der Waals surface area contributed by atoms with Gasteiger partial charge >= 0.3 is 11.9 Å². The van der Waals surface area contributed by atoms with E-state index in [-0.39, 0.29) is 31.1 Å². The summed E-state index contributed by atoms with van der Waals surface area (Å²) in [6.45, 7) is 4.80. The van der Waals surface area contributed by atoms with Gasteiger partial charge in [-0.1, -0.05) is 24.3 Å². The highest BCUT2D eigenvalue weighted by atomic mass is 16.5. The Morgan fingerprint density at radius 1 is 0.850 bits per heavy atom. The van der Waals surface area contributed by atoms with Gasteiger partial charge < -0.3 is 29.7 Å². The van der Waals surface area contributed by atoms with E-state index in [2.05, 4.69) is 5.32 Å². The topological polar surface area (TPSA) is 131 Å². The number of amides is 1. The number of nitrogens with one attached hydrogen (secondary N) is 1. The number of ether oxygens (including phenoxy) is 3. The molecule has 3 rings (SSSR count). The molecule has 9 nitrogen and oxygen atoms in total. The molecule has 0 aromatic heterocycles. The van der Waals surface area contributed by atoms with Crippen LogP contribution in [0, 0.1) is 0 Å². The van der Waals surface area contributed by atoms with Crippen molar-refractivity contribution in [3.63, 3.8) is 0 Å². The van der Waals surface area contributed by atoms with Gasteiger partial charge in [-0.25, -0.2) is 4.79 Å². The van der Waals surface area contributed by atoms with E-state index in [1.54, 1.807) is 6.07 Å². The maximum absolute atomic E-state index is 12.2. The zero-order valence-electron chi connectivity index (χ0n) is 22.7. The summed E-state index contributed by atoms with van der Waals surface area (Å²) in [6.07, 6.45) is 1.28. The molecule has 0 aliphatic rings. The summed E-state index contributed by atoms with van der Waals surface area (Å²) in [5, 5.41) is 20.5. The molecule has 0 spiro atoms. The van der Waals surface area contributed by atoms with E-state index in [9.17, 15) is 19.5 Å². The van der Waals surface area contributed by atoms with Crippen LogP contribution in [-0.2, 0) is 29.0 Å². The van der Waals surface area contributed by atoms with Gasteiger partial charge in [0.1, 0.15) is 23.9 Å². The first-order chi connectivity index (χ1) is 19.2. The molecule has 0 saturated heterocycles. The van der Waals surface area contributed by atoms with Crippen molar-refractivity contribution in [1.29, 1.82) is 0 Å². The number of carbonyl (C=O) groups excluding carboxylic acids is 1. The van der Waals surface area contributed by atoms with Crippen LogP contribution in [0.3, 0.4) is 0 Å². The zero-order chi connectivity index (χ0) is 28.9. The average molecular weight is 550 g/mol. The lowest BCUT2D eigenvalue weighted by atomic mass is 10.1. The Bertz CT molecular complexity index is 1270. The van der Waals surface area contributed by atoms with E-state index in [1.165, 1.54) is 12.1 Å². The average Bonchev–Trinajstić information content (AvgIpc) is 2.91. The van der Waals surface area contributed by atoms with Crippen molar-refractivity contribution in [1.82, 2.24) is 5.32 Å². The van der Waals surface area contributed by atoms with Crippen LogP contribution < -0.4 is 19.5 Å². The van der Waals surface area contributed by atoms with Crippen LogP contribution in [0.4, 0.5) is 0 Å². The summed E-state index contributed by atoms with van der Waals surface area (Å²) in [7, 11) is 0. The molecule has 0 bridgehead atoms. The molecule has 0 fully saturated rings.